The molecule has 0 amide bonds. The van der Waals surface area contributed by atoms with Gasteiger partial charge in [-0.25, -0.2) is 0 Å². The number of aliphatic hydroxyl groups is 3. The van der Waals surface area contributed by atoms with Crippen LogP contribution in [0.25, 0.3) is 0 Å². The topological polar surface area (TPSA) is 60.7 Å². The zero-order chi connectivity index (χ0) is 15.8. The maximum absolute atomic E-state index is 10.1. The predicted octanol–water partition coefficient (Wildman–Crippen LogP) is 3.54. The van der Waals surface area contributed by atoms with Crippen LogP contribution in [0.5, 0.6) is 0 Å². The molecular formula is C19H28O3. The summed E-state index contributed by atoms with van der Waals surface area (Å²) in [6.45, 7) is 4.67. The van der Waals surface area contributed by atoms with E-state index in [0.29, 0.717) is 17.3 Å². The highest BCUT2D eigenvalue weighted by Gasteiger charge is 2.57. The molecule has 4 aliphatic rings. The van der Waals surface area contributed by atoms with Crippen LogP contribution in [0.1, 0.15) is 52.4 Å². The lowest BCUT2D eigenvalue weighted by molar-refractivity contribution is -0.182. The Kier molecular flexibility index (Phi) is 2.95. The lowest BCUT2D eigenvalue weighted by atomic mass is 9.48. The first-order chi connectivity index (χ1) is 10.3. The number of hydrogen-bond donors (Lipinski definition) is 3. The van der Waals surface area contributed by atoms with Gasteiger partial charge in [0.2, 0.25) is 5.79 Å². The van der Waals surface area contributed by atoms with Crippen LogP contribution >= 0.6 is 0 Å². The van der Waals surface area contributed by atoms with E-state index >= 15 is 0 Å². The average molecular weight is 304 g/mol. The van der Waals surface area contributed by atoms with Gasteiger partial charge in [0.25, 0.3) is 0 Å². The van der Waals surface area contributed by atoms with Crippen molar-refractivity contribution in [2.75, 3.05) is 0 Å². The van der Waals surface area contributed by atoms with Crippen molar-refractivity contribution in [2.24, 2.45) is 34.5 Å². The molecule has 2 fully saturated rings. The maximum Gasteiger partial charge on any atom is 0.222 e. The highest BCUT2D eigenvalue weighted by Crippen LogP contribution is 2.64. The van der Waals surface area contributed by atoms with E-state index in [1.807, 2.05) is 0 Å². The minimum Gasteiger partial charge on any atom is -0.507 e. The third-order valence-corrected chi connectivity index (χ3v) is 7.64. The fraction of sp³-hybridized carbons (Fsp3) is 0.789. The SMILES string of the molecule is C[C@@]12CCC[C@H]1[C@@H]1C=CC3CC(O)(O)C(O)=C[C@]3(C)[C@H]1CC2. The van der Waals surface area contributed by atoms with Crippen LogP contribution in [0.2, 0.25) is 0 Å². The van der Waals surface area contributed by atoms with Crippen molar-refractivity contribution in [3.8, 4) is 0 Å². The molecule has 3 N–H and O–H groups in total. The lowest BCUT2D eigenvalue weighted by Crippen LogP contribution is -2.52. The Morgan fingerprint density at radius 2 is 1.82 bits per heavy atom. The molecule has 6 atom stereocenters. The fourth-order valence-electron chi connectivity index (χ4n) is 6.25. The van der Waals surface area contributed by atoms with E-state index < -0.39 is 5.79 Å². The first-order valence-electron chi connectivity index (χ1n) is 8.82. The molecule has 0 spiro atoms. The second-order valence-electron chi connectivity index (χ2n) is 8.78. The molecule has 2 saturated carbocycles. The minimum atomic E-state index is -2.06. The number of hydrogen-bond acceptors (Lipinski definition) is 3. The highest BCUT2D eigenvalue weighted by molar-refractivity contribution is 5.27. The summed E-state index contributed by atoms with van der Waals surface area (Å²) in [6, 6.07) is 0. The van der Waals surface area contributed by atoms with Gasteiger partial charge in [-0.3, -0.25) is 0 Å². The first kappa shape index (κ1) is 14.8. The number of allylic oxidation sites excluding steroid dienone is 3. The Hall–Kier alpha value is -0.800. The third kappa shape index (κ3) is 1.81. The van der Waals surface area contributed by atoms with Gasteiger partial charge in [-0.1, -0.05) is 32.4 Å². The van der Waals surface area contributed by atoms with E-state index in [4.69, 9.17) is 0 Å². The molecule has 3 heteroatoms. The van der Waals surface area contributed by atoms with Gasteiger partial charge < -0.3 is 15.3 Å². The van der Waals surface area contributed by atoms with E-state index in [0.717, 1.165) is 5.92 Å². The Labute approximate surface area is 132 Å². The fourth-order valence-corrected chi connectivity index (χ4v) is 6.25. The summed E-state index contributed by atoms with van der Waals surface area (Å²) in [4.78, 5) is 0. The van der Waals surface area contributed by atoms with Gasteiger partial charge in [0.15, 0.2) is 0 Å². The second-order valence-corrected chi connectivity index (χ2v) is 8.78. The van der Waals surface area contributed by atoms with Crippen molar-refractivity contribution in [1.29, 1.82) is 0 Å². The van der Waals surface area contributed by atoms with E-state index in [-0.39, 0.29) is 23.5 Å². The molecule has 0 aromatic rings. The van der Waals surface area contributed by atoms with Crippen molar-refractivity contribution < 1.29 is 15.3 Å². The number of aliphatic hydroxyl groups excluding tert-OH is 1. The average Bonchev–Trinajstić information content (AvgIpc) is 2.82. The summed E-state index contributed by atoms with van der Waals surface area (Å²) >= 11 is 0. The lowest BCUT2D eigenvalue weighted by Gasteiger charge is -2.57. The Balaban J connectivity index is 1.74. The normalized spacial score (nSPS) is 52.5. The Morgan fingerprint density at radius 1 is 1.05 bits per heavy atom. The van der Waals surface area contributed by atoms with Crippen molar-refractivity contribution in [2.45, 2.75) is 58.2 Å². The third-order valence-electron chi connectivity index (χ3n) is 7.64. The number of rotatable bonds is 0. The summed E-state index contributed by atoms with van der Waals surface area (Å²) in [5.74, 6) is -0.359. The Morgan fingerprint density at radius 3 is 2.59 bits per heavy atom. The van der Waals surface area contributed by atoms with Crippen LogP contribution in [-0.4, -0.2) is 21.1 Å². The smallest absolute Gasteiger partial charge is 0.222 e. The summed E-state index contributed by atoms with van der Waals surface area (Å²) in [6.07, 6.45) is 13.0. The molecule has 3 nitrogen and oxygen atoms in total. The molecule has 1 unspecified atom stereocenters. The monoisotopic (exact) mass is 304 g/mol. The van der Waals surface area contributed by atoms with Crippen LogP contribution in [0, 0.1) is 34.5 Å². The first-order valence-corrected chi connectivity index (χ1v) is 8.82. The van der Waals surface area contributed by atoms with E-state index in [2.05, 4.69) is 26.0 Å². The minimum absolute atomic E-state index is 0.102. The molecule has 4 rings (SSSR count). The van der Waals surface area contributed by atoms with Crippen LogP contribution in [0.4, 0.5) is 0 Å². The summed E-state index contributed by atoms with van der Waals surface area (Å²) in [7, 11) is 0. The van der Waals surface area contributed by atoms with E-state index in [9.17, 15) is 15.3 Å². The van der Waals surface area contributed by atoms with Crippen LogP contribution < -0.4 is 0 Å². The molecule has 22 heavy (non-hydrogen) atoms. The highest BCUT2D eigenvalue weighted by atomic mass is 16.5. The van der Waals surface area contributed by atoms with Crippen molar-refractivity contribution >= 4 is 0 Å². The molecule has 4 aliphatic carbocycles. The van der Waals surface area contributed by atoms with Gasteiger partial charge in [-0.05, 0) is 66.3 Å². The summed E-state index contributed by atoms with van der Waals surface area (Å²) in [5.41, 5.74) is 0.342. The quantitative estimate of drug-likeness (QED) is 0.474. The van der Waals surface area contributed by atoms with Crippen LogP contribution in [0.15, 0.2) is 24.0 Å². The molecule has 0 aromatic heterocycles. The van der Waals surface area contributed by atoms with Gasteiger partial charge >= 0.3 is 0 Å². The number of fused-ring (bicyclic) bond motifs is 5. The van der Waals surface area contributed by atoms with Crippen molar-refractivity contribution in [3.63, 3.8) is 0 Å². The molecule has 0 aromatic carbocycles. The summed E-state index contributed by atoms with van der Waals surface area (Å²) in [5, 5.41) is 30.1. The summed E-state index contributed by atoms with van der Waals surface area (Å²) < 4.78 is 0. The molecular weight excluding hydrogens is 276 g/mol. The second kappa shape index (κ2) is 4.39. The van der Waals surface area contributed by atoms with Gasteiger partial charge in [0.1, 0.15) is 5.76 Å². The van der Waals surface area contributed by atoms with Crippen molar-refractivity contribution in [3.05, 3.63) is 24.0 Å². The predicted molar refractivity (Wildman–Crippen MR) is 84.9 cm³/mol. The zero-order valence-corrected chi connectivity index (χ0v) is 13.6. The molecule has 0 aliphatic heterocycles. The molecule has 0 bridgehead atoms. The van der Waals surface area contributed by atoms with Gasteiger partial charge in [0, 0.05) is 6.42 Å². The maximum atomic E-state index is 10.1. The van der Waals surface area contributed by atoms with E-state index in [1.54, 1.807) is 6.08 Å². The van der Waals surface area contributed by atoms with Crippen LogP contribution in [-0.2, 0) is 0 Å². The standard InChI is InChI=1S/C19H28O3/c1-17-8-3-4-14(17)13-6-5-12-10-19(21,22)16(20)11-18(12,2)15(13)7-9-17/h5-6,11-15,20-22H,3-4,7-10H2,1-2H3/t12?,13-,14-,15-,17-,18-/m0/s1. The van der Waals surface area contributed by atoms with E-state index in [1.165, 1.54) is 32.1 Å². The van der Waals surface area contributed by atoms with Gasteiger partial charge in [-0.2, -0.15) is 0 Å². The van der Waals surface area contributed by atoms with Crippen molar-refractivity contribution in [1.82, 2.24) is 0 Å². The molecule has 0 saturated heterocycles. The zero-order valence-electron chi connectivity index (χ0n) is 13.6. The van der Waals surface area contributed by atoms with Crippen LogP contribution in [0.3, 0.4) is 0 Å². The van der Waals surface area contributed by atoms with Gasteiger partial charge in [0.05, 0.1) is 0 Å². The molecule has 0 radical (unpaired) electrons. The van der Waals surface area contributed by atoms with Gasteiger partial charge in [-0.15, -0.1) is 0 Å². The molecule has 0 heterocycles. The Bertz CT molecular complexity index is 549. The molecule has 122 valence electrons. The largest absolute Gasteiger partial charge is 0.507 e.